The first kappa shape index (κ1) is 14.9. The molecule has 1 aliphatic heterocycles. The highest BCUT2D eigenvalue weighted by molar-refractivity contribution is 5.97. The number of urea groups is 1. The van der Waals surface area contributed by atoms with Crippen molar-refractivity contribution in [3.05, 3.63) is 0 Å². The molecule has 5 rings (SSSR count). The molecular weight excluding hydrogens is 300 g/mol. The van der Waals surface area contributed by atoms with Gasteiger partial charge in [-0.05, 0) is 50.4 Å². The van der Waals surface area contributed by atoms with E-state index in [1.807, 2.05) is 0 Å². The molecule has 7 heteroatoms. The van der Waals surface area contributed by atoms with Gasteiger partial charge in [-0.1, -0.05) is 0 Å². The lowest BCUT2D eigenvalue weighted by Gasteiger charge is -2.58. The molecule has 4 bridgehead atoms. The molecule has 0 unspecified atom stereocenters. The summed E-state index contributed by atoms with van der Waals surface area (Å²) in [6, 6.07) is -0.435. The second-order valence-electron chi connectivity index (χ2n) is 7.82. The summed E-state index contributed by atoms with van der Waals surface area (Å²) in [6.45, 7) is 0.338. The molecule has 1 heterocycles. The van der Waals surface area contributed by atoms with Crippen LogP contribution in [0.1, 0.15) is 38.5 Å². The molecule has 0 aromatic carbocycles. The van der Waals surface area contributed by atoms with E-state index in [0.29, 0.717) is 31.3 Å². The van der Waals surface area contributed by atoms with Crippen LogP contribution >= 0.6 is 0 Å². The van der Waals surface area contributed by atoms with Crippen LogP contribution in [0.3, 0.4) is 0 Å². The van der Waals surface area contributed by atoms with Gasteiger partial charge in [0, 0.05) is 13.1 Å². The van der Waals surface area contributed by atoms with Gasteiger partial charge in [-0.3, -0.25) is 14.5 Å². The van der Waals surface area contributed by atoms with Gasteiger partial charge in [0.25, 0.3) is 5.91 Å². The van der Waals surface area contributed by atoms with Crippen LogP contribution in [-0.2, 0) is 14.3 Å². The molecule has 5 fully saturated rings. The van der Waals surface area contributed by atoms with Crippen molar-refractivity contribution in [2.75, 3.05) is 19.7 Å². The van der Waals surface area contributed by atoms with Crippen LogP contribution in [0.4, 0.5) is 4.79 Å². The van der Waals surface area contributed by atoms with Crippen LogP contribution in [0.5, 0.6) is 0 Å². The molecule has 0 radical (unpaired) electrons. The third kappa shape index (κ3) is 2.41. The van der Waals surface area contributed by atoms with E-state index < -0.39 is 29.6 Å². The highest BCUT2D eigenvalue weighted by Crippen LogP contribution is 2.61. The summed E-state index contributed by atoms with van der Waals surface area (Å²) >= 11 is 0. The number of amides is 3. The molecule has 0 spiro atoms. The number of esters is 1. The van der Waals surface area contributed by atoms with Crippen molar-refractivity contribution in [3.8, 4) is 0 Å². The van der Waals surface area contributed by atoms with E-state index >= 15 is 0 Å². The van der Waals surface area contributed by atoms with Crippen molar-refractivity contribution >= 4 is 17.9 Å². The number of carbonyl (C=O) groups excluding carboxylic acids is 3. The highest BCUT2D eigenvalue weighted by Gasteiger charge is 2.61. The normalized spacial score (nSPS) is 41.1. The van der Waals surface area contributed by atoms with Gasteiger partial charge >= 0.3 is 12.0 Å². The van der Waals surface area contributed by atoms with Crippen molar-refractivity contribution in [3.63, 3.8) is 0 Å². The van der Waals surface area contributed by atoms with Crippen LogP contribution in [0.15, 0.2) is 0 Å². The Kier molecular flexibility index (Phi) is 3.20. The van der Waals surface area contributed by atoms with Gasteiger partial charge in [0.1, 0.15) is 0 Å². The molecule has 1 saturated heterocycles. The van der Waals surface area contributed by atoms with Gasteiger partial charge < -0.3 is 15.2 Å². The molecule has 3 amide bonds. The van der Waals surface area contributed by atoms with Crippen molar-refractivity contribution in [1.29, 1.82) is 0 Å². The Morgan fingerprint density at radius 1 is 1.26 bits per heavy atom. The molecule has 2 atom stereocenters. The number of rotatable bonds is 3. The van der Waals surface area contributed by atoms with Gasteiger partial charge in [-0.2, -0.15) is 0 Å². The first-order valence-electron chi connectivity index (χ1n) is 8.37. The van der Waals surface area contributed by atoms with E-state index in [1.165, 1.54) is 0 Å². The second kappa shape index (κ2) is 4.93. The standard InChI is InChI=1S/C16H22N2O5/c19-12(18-2-1-17-14(18)21)8-23-13(20)15-4-10-3-11(5-15)7-16(22,6-10)9-15/h10-11,22H,1-9H2,(H,17,21)/t10-,11-,15?,16?/m0/s1. The Labute approximate surface area is 134 Å². The Bertz CT molecular complexity index is 561. The van der Waals surface area contributed by atoms with Crippen LogP contribution < -0.4 is 5.32 Å². The Morgan fingerprint density at radius 3 is 2.52 bits per heavy atom. The first-order valence-corrected chi connectivity index (χ1v) is 8.37. The largest absolute Gasteiger partial charge is 0.455 e. The minimum Gasteiger partial charge on any atom is -0.455 e. The summed E-state index contributed by atoms with van der Waals surface area (Å²) in [7, 11) is 0. The Hall–Kier alpha value is -1.63. The molecule has 7 nitrogen and oxygen atoms in total. The summed E-state index contributed by atoms with van der Waals surface area (Å²) in [5, 5.41) is 13.2. The summed E-state index contributed by atoms with van der Waals surface area (Å²) in [5.74, 6) is -0.0995. The van der Waals surface area contributed by atoms with E-state index in [0.717, 1.165) is 37.0 Å². The fraction of sp³-hybridized carbons (Fsp3) is 0.812. The fourth-order valence-corrected chi connectivity index (χ4v) is 5.52. The first-order chi connectivity index (χ1) is 10.9. The Balaban J connectivity index is 1.41. The lowest BCUT2D eigenvalue weighted by atomic mass is 9.48. The van der Waals surface area contributed by atoms with Crippen molar-refractivity contribution in [1.82, 2.24) is 10.2 Å². The third-order valence-corrected chi connectivity index (χ3v) is 5.95. The van der Waals surface area contributed by atoms with Gasteiger partial charge in [0.05, 0.1) is 11.0 Å². The maximum Gasteiger partial charge on any atom is 0.324 e. The summed E-state index contributed by atoms with van der Waals surface area (Å²) in [5.41, 5.74) is -1.37. The summed E-state index contributed by atoms with van der Waals surface area (Å²) in [4.78, 5) is 37.1. The van der Waals surface area contributed by atoms with Gasteiger partial charge in [-0.25, -0.2) is 4.79 Å². The van der Waals surface area contributed by atoms with Gasteiger partial charge in [0.15, 0.2) is 6.61 Å². The summed E-state index contributed by atoms with van der Waals surface area (Å²) in [6.07, 6.45) is 4.61. The Morgan fingerprint density at radius 2 is 1.96 bits per heavy atom. The molecule has 5 aliphatic rings. The van der Waals surface area contributed by atoms with E-state index in [1.54, 1.807) is 0 Å². The molecule has 126 valence electrons. The zero-order valence-corrected chi connectivity index (χ0v) is 13.0. The van der Waals surface area contributed by atoms with Crippen LogP contribution in [0.25, 0.3) is 0 Å². The number of nitrogens with one attached hydrogen (secondary N) is 1. The summed E-state index contributed by atoms with van der Waals surface area (Å²) < 4.78 is 5.27. The van der Waals surface area contributed by atoms with Crippen LogP contribution in [-0.4, -0.2) is 53.2 Å². The maximum absolute atomic E-state index is 12.6. The second-order valence-corrected chi connectivity index (χ2v) is 7.82. The van der Waals surface area contributed by atoms with E-state index in [2.05, 4.69) is 5.32 Å². The minimum absolute atomic E-state index is 0.310. The number of carbonyl (C=O) groups is 3. The smallest absolute Gasteiger partial charge is 0.324 e. The minimum atomic E-state index is -0.734. The van der Waals surface area contributed by atoms with Gasteiger partial charge in [-0.15, -0.1) is 0 Å². The molecule has 2 N–H and O–H groups in total. The molecule has 0 aromatic heterocycles. The van der Waals surface area contributed by atoms with Crippen molar-refractivity contribution < 1.29 is 24.2 Å². The molecule has 4 aliphatic carbocycles. The lowest BCUT2D eigenvalue weighted by molar-refractivity contribution is -0.196. The van der Waals surface area contributed by atoms with E-state index in [4.69, 9.17) is 4.74 Å². The maximum atomic E-state index is 12.6. The van der Waals surface area contributed by atoms with Crippen LogP contribution in [0.2, 0.25) is 0 Å². The third-order valence-electron chi connectivity index (χ3n) is 5.95. The van der Waals surface area contributed by atoms with E-state index in [9.17, 15) is 19.5 Å². The number of aliphatic hydroxyl groups is 1. The van der Waals surface area contributed by atoms with Gasteiger partial charge in [0.2, 0.25) is 0 Å². The average Bonchev–Trinajstić information content (AvgIpc) is 2.88. The number of hydrogen-bond acceptors (Lipinski definition) is 5. The zero-order valence-electron chi connectivity index (χ0n) is 13.0. The van der Waals surface area contributed by atoms with Crippen molar-refractivity contribution in [2.24, 2.45) is 17.3 Å². The predicted molar refractivity (Wildman–Crippen MR) is 78.1 cm³/mol. The topological polar surface area (TPSA) is 95.9 Å². The predicted octanol–water partition coefficient (Wildman–Crippen LogP) is 0.413. The lowest BCUT2D eigenvalue weighted by Crippen LogP contribution is -2.58. The highest BCUT2D eigenvalue weighted by atomic mass is 16.5. The molecule has 23 heavy (non-hydrogen) atoms. The number of imide groups is 1. The average molecular weight is 322 g/mol. The zero-order chi connectivity index (χ0) is 16.2. The molecular formula is C16H22N2O5. The van der Waals surface area contributed by atoms with E-state index in [-0.39, 0.29) is 5.97 Å². The number of hydrogen-bond donors (Lipinski definition) is 2. The monoisotopic (exact) mass is 322 g/mol. The molecule has 4 saturated carbocycles. The molecule has 0 aromatic rings. The van der Waals surface area contributed by atoms with Crippen molar-refractivity contribution in [2.45, 2.75) is 44.1 Å². The van der Waals surface area contributed by atoms with Crippen LogP contribution in [0, 0.1) is 17.3 Å². The number of ether oxygens (including phenoxy) is 1. The SMILES string of the molecule is O=C(COC(=O)C12C[C@@H]3C[C@H](CC(O)(C3)C1)C2)N1CCNC1=O. The fourth-order valence-electron chi connectivity index (χ4n) is 5.52. The quantitative estimate of drug-likeness (QED) is 0.734. The number of nitrogens with zero attached hydrogens (tertiary/aromatic N) is 1.